The first-order valence-corrected chi connectivity index (χ1v) is 7.09. The Balaban J connectivity index is 2.53. The van der Waals surface area contributed by atoms with Crippen molar-refractivity contribution < 1.29 is 19.4 Å². The van der Waals surface area contributed by atoms with E-state index in [-0.39, 0.29) is 24.3 Å². The largest absolute Gasteiger partial charge is 0.481 e. The first-order valence-electron chi connectivity index (χ1n) is 7.09. The molecule has 4 N–H and O–H groups in total. The molecule has 0 aromatic carbocycles. The van der Waals surface area contributed by atoms with Gasteiger partial charge in [0.05, 0.1) is 18.6 Å². The Morgan fingerprint density at radius 3 is 2.60 bits per heavy atom. The molecule has 1 aliphatic heterocycles. The van der Waals surface area contributed by atoms with E-state index in [0.717, 1.165) is 6.42 Å². The molecule has 0 radical (unpaired) electrons. The maximum absolute atomic E-state index is 12.2. The minimum atomic E-state index is -0.836. The molecule has 0 spiro atoms. The van der Waals surface area contributed by atoms with E-state index in [9.17, 15) is 9.59 Å². The molecule has 1 amide bonds. The highest BCUT2D eigenvalue weighted by molar-refractivity contribution is 5.83. The van der Waals surface area contributed by atoms with Gasteiger partial charge >= 0.3 is 5.97 Å². The number of ether oxygens (including phenoxy) is 1. The normalized spacial score (nSPS) is 27.6. The Bertz CT molecular complexity index is 359. The smallest absolute Gasteiger partial charge is 0.303 e. The van der Waals surface area contributed by atoms with Crippen LogP contribution < -0.4 is 11.1 Å². The topological polar surface area (TPSA) is 102 Å². The van der Waals surface area contributed by atoms with E-state index in [1.807, 2.05) is 13.8 Å². The molecule has 0 saturated carbocycles. The number of rotatable bonds is 7. The highest BCUT2D eigenvalue weighted by atomic mass is 16.5. The lowest BCUT2D eigenvalue weighted by atomic mass is 9.84. The molecule has 1 fully saturated rings. The van der Waals surface area contributed by atoms with Gasteiger partial charge in [-0.1, -0.05) is 13.8 Å². The molecule has 0 bridgehead atoms. The quantitative estimate of drug-likeness (QED) is 0.636. The van der Waals surface area contributed by atoms with Crippen molar-refractivity contribution >= 4 is 11.9 Å². The number of nitrogens with one attached hydrogen (secondary N) is 1. The number of nitrogens with two attached hydrogens (primary N) is 1. The van der Waals surface area contributed by atoms with E-state index in [0.29, 0.717) is 25.7 Å². The molecule has 1 rings (SSSR count). The van der Waals surface area contributed by atoms with Gasteiger partial charge in [-0.3, -0.25) is 9.59 Å². The maximum Gasteiger partial charge on any atom is 0.303 e. The minimum absolute atomic E-state index is 0.0569. The van der Waals surface area contributed by atoms with Crippen molar-refractivity contribution in [3.8, 4) is 0 Å². The van der Waals surface area contributed by atoms with Crippen LogP contribution in [0, 0.1) is 17.3 Å². The number of carboxylic acid groups (broad SMARTS) is 1. The zero-order valence-electron chi connectivity index (χ0n) is 12.5. The van der Waals surface area contributed by atoms with Gasteiger partial charge in [-0.2, -0.15) is 0 Å². The molecular weight excluding hydrogens is 260 g/mol. The predicted molar refractivity (Wildman–Crippen MR) is 75.1 cm³/mol. The van der Waals surface area contributed by atoms with Gasteiger partial charge in [-0.25, -0.2) is 0 Å². The van der Waals surface area contributed by atoms with Gasteiger partial charge in [0.15, 0.2) is 0 Å². The highest BCUT2D eigenvalue weighted by Gasteiger charge is 2.44. The second-order valence-electron chi connectivity index (χ2n) is 6.34. The van der Waals surface area contributed by atoms with Crippen LogP contribution in [-0.4, -0.2) is 42.8 Å². The fraction of sp³-hybridized carbons (Fsp3) is 0.857. The average molecular weight is 286 g/mol. The Labute approximate surface area is 120 Å². The van der Waals surface area contributed by atoms with E-state index in [1.54, 1.807) is 6.92 Å². The van der Waals surface area contributed by atoms with Crippen LogP contribution in [0.2, 0.25) is 0 Å². The number of carbonyl (C=O) groups is 2. The number of hydrogen-bond acceptors (Lipinski definition) is 4. The van der Waals surface area contributed by atoms with Crippen LogP contribution in [0.3, 0.4) is 0 Å². The van der Waals surface area contributed by atoms with Gasteiger partial charge in [-0.05, 0) is 25.2 Å². The van der Waals surface area contributed by atoms with Gasteiger partial charge in [-0.15, -0.1) is 0 Å². The molecule has 6 nitrogen and oxygen atoms in total. The summed E-state index contributed by atoms with van der Waals surface area (Å²) in [6.07, 6.45) is 0.837. The molecule has 0 aromatic rings. The van der Waals surface area contributed by atoms with Crippen LogP contribution in [0.15, 0.2) is 0 Å². The van der Waals surface area contributed by atoms with Crippen LogP contribution in [0.5, 0.6) is 0 Å². The SMILES string of the molecule is CC(C)C[C@H](CNC(=O)C1(C)COCC1N)CC(=O)O. The zero-order chi connectivity index (χ0) is 15.3. The lowest BCUT2D eigenvalue weighted by Gasteiger charge is -2.27. The lowest BCUT2D eigenvalue weighted by Crippen LogP contribution is -2.50. The summed E-state index contributed by atoms with van der Waals surface area (Å²) < 4.78 is 5.25. The maximum atomic E-state index is 12.2. The molecule has 1 aliphatic rings. The summed E-state index contributed by atoms with van der Waals surface area (Å²) in [5.41, 5.74) is 5.19. The van der Waals surface area contributed by atoms with E-state index in [2.05, 4.69) is 5.32 Å². The van der Waals surface area contributed by atoms with Crippen molar-refractivity contribution in [1.82, 2.24) is 5.32 Å². The first kappa shape index (κ1) is 16.9. The second-order valence-corrected chi connectivity index (χ2v) is 6.34. The summed E-state index contributed by atoms with van der Waals surface area (Å²) in [4.78, 5) is 23.1. The predicted octanol–water partition coefficient (Wildman–Crippen LogP) is 0.603. The Hall–Kier alpha value is -1.14. The Kier molecular flexibility index (Phi) is 5.95. The number of amides is 1. The number of aliphatic carboxylic acids is 1. The van der Waals surface area contributed by atoms with Gasteiger partial charge < -0.3 is 20.9 Å². The fourth-order valence-corrected chi connectivity index (χ4v) is 2.51. The highest BCUT2D eigenvalue weighted by Crippen LogP contribution is 2.27. The molecule has 1 saturated heterocycles. The summed E-state index contributed by atoms with van der Waals surface area (Å²) >= 11 is 0. The van der Waals surface area contributed by atoms with Gasteiger partial charge in [0.25, 0.3) is 0 Å². The van der Waals surface area contributed by atoms with Crippen LogP contribution in [0.4, 0.5) is 0 Å². The third-order valence-electron chi connectivity index (χ3n) is 3.86. The molecule has 2 unspecified atom stereocenters. The van der Waals surface area contributed by atoms with Crippen molar-refractivity contribution in [2.24, 2.45) is 23.0 Å². The molecule has 0 aliphatic carbocycles. The number of carbonyl (C=O) groups excluding carboxylic acids is 1. The van der Waals surface area contributed by atoms with Crippen molar-refractivity contribution in [3.63, 3.8) is 0 Å². The summed E-state index contributed by atoms with van der Waals surface area (Å²) in [7, 11) is 0. The van der Waals surface area contributed by atoms with Crippen molar-refractivity contribution in [3.05, 3.63) is 0 Å². The van der Waals surface area contributed by atoms with Crippen LogP contribution in [0.25, 0.3) is 0 Å². The van der Waals surface area contributed by atoms with Crippen molar-refractivity contribution in [2.45, 2.75) is 39.7 Å². The van der Waals surface area contributed by atoms with E-state index >= 15 is 0 Å². The van der Waals surface area contributed by atoms with E-state index in [4.69, 9.17) is 15.6 Å². The summed E-state index contributed by atoms with van der Waals surface area (Å²) in [5, 5.41) is 11.8. The van der Waals surface area contributed by atoms with Crippen LogP contribution >= 0.6 is 0 Å². The van der Waals surface area contributed by atoms with Gasteiger partial charge in [0.2, 0.25) is 5.91 Å². The third-order valence-corrected chi connectivity index (χ3v) is 3.86. The molecule has 3 atom stereocenters. The average Bonchev–Trinajstić information content (AvgIpc) is 2.66. The Morgan fingerprint density at radius 1 is 1.50 bits per heavy atom. The minimum Gasteiger partial charge on any atom is -0.481 e. The number of hydrogen-bond donors (Lipinski definition) is 3. The fourth-order valence-electron chi connectivity index (χ4n) is 2.51. The van der Waals surface area contributed by atoms with Crippen molar-refractivity contribution in [1.29, 1.82) is 0 Å². The molecule has 1 heterocycles. The second kappa shape index (κ2) is 7.04. The van der Waals surface area contributed by atoms with Gasteiger partial charge in [0, 0.05) is 19.0 Å². The van der Waals surface area contributed by atoms with Crippen LogP contribution in [-0.2, 0) is 14.3 Å². The summed E-state index contributed by atoms with van der Waals surface area (Å²) in [6, 6.07) is -0.314. The Morgan fingerprint density at radius 2 is 2.15 bits per heavy atom. The zero-order valence-corrected chi connectivity index (χ0v) is 12.5. The van der Waals surface area contributed by atoms with Gasteiger partial charge in [0.1, 0.15) is 0 Å². The number of carboxylic acids is 1. The van der Waals surface area contributed by atoms with Crippen LogP contribution in [0.1, 0.15) is 33.6 Å². The molecule has 6 heteroatoms. The molecular formula is C14H26N2O4. The molecule has 0 aromatic heterocycles. The summed E-state index contributed by atoms with van der Waals surface area (Å²) in [5.74, 6) is -0.652. The molecule has 20 heavy (non-hydrogen) atoms. The monoisotopic (exact) mass is 286 g/mol. The standard InChI is InChI=1S/C14H26N2O4/c1-9(2)4-10(5-12(17)18)6-16-13(19)14(3)8-20-7-11(14)15/h9-11H,4-8,15H2,1-3H3,(H,16,19)(H,17,18)/t10-,11?,14?/m0/s1. The van der Waals surface area contributed by atoms with Crippen molar-refractivity contribution in [2.75, 3.05) is 19.8 Å². The molecule has 116 valence electrons. The first-order chi connectivity index (χ1) is 9.25. The summed E-state index contributed by atoms with van der Waals surface area (Å²) in [6.45, 7) is 6.93. The van der Waals surface area contributed by atoms with E-state index < -0.39 is 11.4 Å². The van der Waals surface area contributed by atoms with E-state index in [1.165, 1.54) is 0 Å². The lowest BCUT2D eigenvalue weighted by molar-refractivity contribution is -0.139. The third kappa shape index (κ3) is 4.45.